The van der Waals surface area contributed by atoms with Crippen molar-refractivity contribution in [3.05, 3.63) is 38.0 Å². The maximum Gasteiger partial charge on any atom is 0.409 e. The van der Waals surface area contributed by atoms with Crippen molar-refractivity contribution >= 4 is 28.0 Å². The molecule has 0 saturated carbocycles. The van der Waals surface area contributed by atoms with E-state index in [-0.39, 0.29) is 6.61 Å². The monoisotopic (exact) mass is 359 g/mol. The number of benzene rings is 1. The zero-order valence-electron chi connectivity index (χ0n) is 11.7. The number of hydrogen-bond donors (Lipinski definition) is 0. The first-order valence-corrected chi connectivity index (χ1v) is 6.68. The van der Waals surface area contributed by atoms with Crippen LogP contribution in [0.5, 0.6) is 11.5 Å². The summed E-state index contributed by atoms with van der Waals surface area (Å²) < 4.78 is 15.4. The van der Waals surface area contributed by atoms with Crippen LogP contribution < -0.4 is 9.47 Å². The lowest BCUT2D eigenvalue weighted by Gasteiger charge is -2.09. The van der Waals surface area contributed by atoms with Crippen molar-refractivity contribution in [1.29, 1.82) is 0 Å². The van der Waals surface area contributed by atoms with Gasteiger partial charge in [0.2, 0.25) is 0 Å². The summed E-state index contributed by atoms with van der Waals surface area (Å²) >= 11 is 3.26. The van der Waals surface area contributed by atoms with Crippen LogP contribution in [0.25, 0.3) is 6.08 Å². The van der Waals surface area contributed by atoms with Crippen LogP contribution >= 0.6 is 15.9 Å². The second kappa shape index (κ2) is 7.63. The van der Waals surface area contributed by atoms with Crippen LogP contribution in [-0.2, 0) is 9.53 Å². The summed E-state index contributed by atoms with van der Waals surface area (Å²) in [6.45, 7) is 1.62. The third-order valence-corrected chi connectivity index (χ3v) is 3.16. The Morgan fingerprint density at radius 1 is 1.33 bits per heavy atom. The Balaban J connectivity index is 3.33. The van der Waals surface area contributed by atoms with Crippen molar-refractivity contribution in [3.63, 3.8) is 0 Å². The molecule has 0 heterocycles. The molecule has 0 N–H and O–H groups in total. The number of nitro groups is 1. The molecule has 0 amide bonds. The van der Waals surface area contributed by atoms with E-state index in [1.807, 2.05) is 0 Å². The van der Waals surface area contributed by atoms with Gasteiger partial charge in [-0.25, -0.2) is 4.79 Å². The van der Waals surface area contributed by atoms with Gasteiger partial charge in [-0.1, -0.05) is 15.9 Å². The van der Waals surface area contributed by atoms with E-state index >= 15 is 0 Å². The van der Waals surface area contributed by atoms with E-state index in [9.17, 15) is 14.9 Å². The average Bonchev–Trinajstić information content (AvgIpc) is 2.45. The van der Waals surface area contributed by atoms with Gasteiger partial charge in [-0.3, -0.25) is 10.1 Å². The van der Waals surface area contributed by atoms with Crippen LogP contribution in [-0.4, -0.2) is 31.7 Å². The Morgan fingerprint density at radius 3 is 2.38 bits per heavy atom. The minimum absolute atomic E-state index is 0.0527. The molecule has 1 rings (SSSR count). The summed E-state index contributed by atoms with van der Waals surface area (Å²) in [5.41, 5.74) is -0.267. The van der Waals surface area contributed by atoms with Crippen LogP contribution in [0.3, 0.4) is 0 Å². The Bertz CT molecular complexity index is 584. The van der Waals surface area contributed by atoms with Gasteiger partial charge < -0.3 is 14.2 Å². The van der Waals surface area contributed by atoms with Crippen molar-refractivity contribution in [3.8, 4) is 11.5 Å². The third-order valence-electron chi connectivity index (χ3n) is 2.48. The van der Waals surface area contributed by atoms with E-state index in [1.54, 1.807) is 13.0 Å². The number of hydrogen-bond acceptors (Lipinski definition) is 6. The normalized spacial score (nSPS) is 11.0. The minimum atomic E-state index is -0.996. The van der Waals surface area contributed by atoms with Gasteiger partial charge in [0.15, 0.2) is 11.5 Å². The number of nitrogens with zero attached hydrogens (tertiary/aromatic N) is 1. The molecule has 0 aliphatic heterocycles. The molecule has 0 radical (unpaired) electrons. The van der Waals surface area contributed by atoms with Crippen LogP contribution in [0.4, 0.5) is 0 Å². The zero-order valence-corrected chi connectivity index (χ0v) is 13.3. The molecular formula is C13H14BrNO6. The van der Waals surface area contributed by atoms with Gasteiger partial charge in [0.25, 0.3) is 0 Å². The summed E-state index contributed by atoms with van der Waals surface area (Å²) in [5.74, 6) is -0.150. The highest BCUT2D eigenvalue weighted by atomic mass is 79.9. The number of ether oxygens (including phenoxy) is 3. The van der Waals surface area contributed by atoms with Gasteiger partial charge in [0.05, 0.1) is 25.7 Å². The Labute approximate surface area is 129 Å². The maximum atomic E-state index is 11.6. The maximum absolute atomic E-state index is 11.6. The predicted octanol–water partition coefficient (Wildman–Crippen LogP) is 2.65. The number of methoxy groups -OCH3 is 2. The molecule has 0 aliphatic rings. The van der Waals surface area contributed by atoms with Crippen LogP contribution in [0.2, 0.25) is 0 Å². The number of esters is 1. The molecule has 8 heteroatoms. The lowest BCUT2D eigenvalue weighted by Crippen LogP contribution is -2.14. The van der Waals surface area contributed by atoms with E-state index < -0.39 is 16.6 Å². The van der Waals surface area contributed by atoms with Crippen LogP contribution in [0, 0.1) is 10.1 Å². The molecule has 21 heavy (non-hydrogen) atoms. The molecule has 1 aromatic rings. The number of halogens is 1. The van der Waals surface area contributed by atoms with Crippen molar-refractivity contribution in [2.75, 3.05) is 20.8 Å². The molecule has 1 aromatic carbocycles. The fourth-order valence-electron chi connectivity index (χ4n) is 1.52. The first-order chi connectivity index (χ1) is 9.94. The van der Waals surface area contributed by atoms with E-state index in [0.717, 1.165) is 6.08 Å². The summed E-state index contributed by atoms with van der Waals surface area (Å²) in [6, 6.07) is 3.11. The Morgan fingerprint density at radius 2 is 1.90 bits per heavy atom. The Kier molecular flexibility index (Phi) is 6.16. The zero-order chi connectivity index (χ0) is 16.0. The molecule has 0 aromatic heterocycles. The minimum Gasteiger partial charge on any atom is -0.493 e. The SMILES string of the molecule is CCOC(=O)/C(=C\c1cc(OC)c(OC)cc1Br)[N+](=O)[O-]. The van der Waals surface area contributed by atoms with Gasteiger partial charge in [-0.2, -0.15) is 0 Å². The molecular weight excluding hydrogens is 346 g/mol. The first-order valence-electron chi connectivity index (χ1n) is 5.89. The molecule has 114 valence electrons. The molecule has 0 saturated heterocycles. The summed E-state index contributed by atoms with van der Waals surface area (Å²) in [6.07, 6.45) is 1.12. The molecule has 0 aliphatic carbocycles. The highest BCUT2D eigenvalue weighted by molar-refractivity contribution is 9.10. The topological polar surface area (TPSA) is 87.9 Å². The predicted molar refractivity (Wildman–Crippen MR) is 78.9 cm³/mol. The quantitative estimate of drug-likeness (QED) is 0.335. The van der Waals surface area contributed by atoms with E-state index in [0.29, 0.717) is 21.5 Å². The van der Waals surface area contributed by atoms with Crippen molar-refractivity contribution < 1.29 is 23.9 Å². The van der Waals surface area contributed by atoms with Gasteiger partial charge in [0, 0.05) is 10.5 Å². The van der Waals surface area contributed by atoms with Crippen molar-refractivity contribution in [2.24, 2.45) is 0 Å². The highest BCUT2D eigenvalue weighted by Gasteiger charge is 2.24. The van der Waals surface area contributed by atoms with Gasteiger partial charge in [-0.15, -0.1) is 0 Å². The number of carbonyl (C=O) groups is 1. The standard InChI is InChI=1S/C13H14BrNO6/c1-4-21-13(16)10(15(17)18)5-8-6-11(19-2)12(20-3)7-9(8)14/h5-7H,4H2,1-3H3/b10-5+. The fourth-order valence-corrected chi connectivity index (χ4v) is 1.96. The van der Waals surface area contributed by atoms with Gasteiger partial charge >= 0.3 is 11.7 Å². The largest absolute Gasteiger partial charge is 0.493 e. The smallest absolute Gasteiger partial charge is 0.409 e. The van der Waals surface area contributed by atoms with Crippen molar-refractivity contribution in [2.45, 2.75) is 6.92 Å². The van der Waals surface area contributed by atoms with Gasteiger partial charge in [0.1, 0.15) is 0 Å². The third kappa shape index (κ3) is 4.19. The summed E-state index contributed by atoms with van der Waals surface area (Å²) in [7, 11) is 2.92. The number of rotatable bonds is 6. The molecule has 0 unspecified atom stereocenters. The molecule has 0 fully saturated rings. The first kappa shape index (κ1) is 17.0. The van der Waals surface area contributed by atoms with E-state index in [1.165, 1.54) is 20.3 Å². The lowest BCUT2D eigenvalue weighted by atomic mass is 10.1. The van der Waals surface area contributed by atoms with Crippen molar-refractivity contribution in [1.82, 2.24) is 0 Å². The highest BCUT2D eigenvalue weighted by Crippen LogP contribution is 2.34. The van der Waals surface area contributed by atoms with Crippen LogP contribution in [0.15, 0.2) is 22.3 Å². The lowest BCUT2D eigenvalue weighted by molar-refractivity contribution is -0.419. The second-order valence-electron chi connectivity index (χ2n) is 3.74. The fraction of sp³-hybridized carbons (Fsp3) is 0.308. The molecule has 0 atom stereocenters. The molecule has 0 spiro atoms. The summed E-state index contributed by atoms with van der Waals surface area (Å²) in [5, 5.41) is 11.0. The average molecular weight is 360 g/mol. The van der Waals surface area contributed by atoms with E-state index in [2.05, 4.69) is 20.7 Å². The van der Waals surface area contributed by atoms with Crippen LogP contribution in [0.1, 0.15) is 12.5 Å². The Hall–Kier alpha value is -2.09. The summed E-state index contributed by atoms with van der Waals surface area (Å²) in [4.78, 5) is 21.8. The second-order valence-corrected chi connectivity index (χ2v) is 4.59. The van der Waals surface area contributed by atoms with Gasteiger partial charge in [-0.05, 0) is 24.6 Å². The number of carbonyl (C=O) groups excluding carboxylic acids is 1. The molecule has 7 nitrogen and oxygen atoms in total. The molecule has 0 bridgehead atoms. The van der Waals surface area contributed by atoms with E-state index in [4.69, 9.17) is 9.47 Å².